The van der Waals surface area contributed by atoms with Gasteiger partial charge in [-0.1, -0.05) is 37.5 Å². The topological polar surface area (TPSA) is 46.2 Å². The fourth-order valence-corrected chi connectivity index (χ4v) is 4.23. The van der Waals surface area contributed by atoms with Gasteiger partial charge in [-0.15, -0.1) is 5.75 Å². The van der Waals surface area contributed by atoms with E-state index >= 15 is 0 Å². The number of benzene rings is 1. The minimum Gasteiger partial charge on any atom is -0.313 e. The van der Waals surface area contributed by atoms with Gasteiger partial charge in [-0.2, -0.15) is 5.57 Å². The van der Waals surface area contributed by atoms with Crippen LogP contribution in [0.15, 0.2) is 47.4 Å². The van der Waals surface area contributed by atoms with Crippen molar-refractivity contribution >= 4 is 9.84 Å². The molecule has 1 saturated carbocycles. The molecule has 0 saturated heterocycles. The van der Waals surface area contributed by atoms with Crippen LogP contribution >= 0.6 is 0 Å². The van der Waals surface area contributed by atoms with Crippen LogP contribution in [0.5, 0.6) is 0 Å². The Balaban J connectivity index is 1.82. The molecule has 22 heavy (non-hydrogen) atoms. The highest BCUT2D eigenvalue weighted by atomic mass is 32.2. The predicted molar refractivity (Wildman–Crippen MR) is 91.1 cm³/mol. The fourth-order valence-electron chi connectivity index (χ4n) is 3.03. The Morgan fingerprint density at radius 1 is 1.27 bits per heavy atom. The molecule has 1 aliphatic carbocycles. The van der Waals surface area contributed by atoms with Crippen LogP contribution in [0.25, 0.3) is 0 Å². The van der Waals surface area contributed by atoms with Gasteiger partial charge >= 0.3 is 0 Å². The molecular formula is C18H26NO2S-. The molecule has 1 atom stereocenters. The summed E-state index contributed by atoms with van der Waals surface area (Å²) in [6.07, 6.45) is 6.51. The second kappa shape index (κ2) is 7.84. The highest BCUT2D eigenvalue weighted by Gasteiger charge is 2.19. The summed E-state index contributed by atoms with van der Waals surface area (Å²) in [5.41, 5.74) is 0.603. The zero-order chi connectivity index (χ0) is 16.0. The standard InChI is InChI=1S/C18H26NO2S/c1-15(13-19-16(2)17-9-5-3-6-10-17)14-22(20,21)18-11-7-4-8-12-18/h4,7-8,11-12,14,16-17,19H,1,3,5-6,9-10,13H2,2H3/q-1/t16-/m0/s1. The zero-order valence-corrected chi connectivity index (χ0v) is 14.1. The molecule has 0 aromatic heterocycles. The largest absolute Gasteiger partial charge is 0.313 e. The fraction of sp³-hybridized carbons (Fsp3) is 0.500. The van der Waals surface area contributed by atoms with Gasteiger partial charge in [-0.3, -0.25) is 0 Å². The van der Waals surface area contributed by atoms with E-state index in [9.17, 15) is 8.42 Å². The van der Waals surface area contributed by atoms with Gasteiger partial charge in [0.05, 0.1) is 4.90 Å². The Labute approximate surface area is 134 Å². The summed E-state index contributed by atoms with van der Waals surface area (Å²) in [7, 11) is -3.40. The van der Waals surface area contributed by atoms with Crippen molar-refractivity contribution in [3.05, 3.63) is 48.2 Å². The molecule has 1 aromatic carbocycles. The van der Waals surface area contributed by atoms with E-state index in [1.165, 1.54) is 37.9 Å². The summed E-state index contributed by atoms with van der Waals surface area (Å²) >= 11 is 0. The van der Waals surface area contributed by atoms with Crippen molar-refractivity contribution < 1.29 is 8.42 Å². The van der Waals surface area contributed by atoms with Gasteiger partial charge in [0, 0.05) is 6.04 Å². The van der Waals surface area contributed by atoms with E-state index in [1.807, 2.05) is 0 Å². The summed E-state index contributed by atoms with van der Waals surface area (Å²) in [6, 6.07) is 8.89. The lowest BCUT2D eigenvalue weighted by Crippen LogP contribution is -2.36. The number of hydrogen-bond acceptors (Lipinski definition) is 3. The predicted octanol–water partition coefficient (Wildman–Crippen LogP) is 3.74. The van der Waals surface area contributed by atoms with Crippen molar-refractivity contribution in [2.24, 2.45) is 5.92 Å². The lowest BCUT2D eigenvalue weighted by molar-refractivity contribution is 0.286. The Kier molecular flexibility index (Phi) is 6.09. The van der Waals surface area contributed by atoms with Crippen molar-refractivity contribution in [1.82, 2.24) is 5.32 Å². The van der Waals surface area contributed by atoms with Gasteiger partial charge < -0.3 is 5.32 Å². The smallest absolute Gasteiger partial charge is 0.133 e. The highest BCUT2D eigenvalue weighted by molar-refractivity contribution is 7.93. The van der Waals surface area contributed by atoms with Crippen LogP contribution in [0.2, 0.25) is 0 Å². The molecule has 1 N–H and O–H groups in total. The van der Waals surface area contributed by atoms with Gasteiger partial charge in [-0.25, -0.2) is 15.0 Å². The molecule has 0 spiro atoms. The van der Waals surface area contributed by atoms with Crippen molar-refractivity contribution in [3.63, 3.8) is 0 Å². The van der Waals surface area contributed by atoms with Crippen molar-refractivity contribution in [3.8, 4) is 0 Å². The molecule has 1 aromatic rings. The Bertz CT molecular complexity index is 574. The molecule has 0 heterocycles. The van der Waals surface area contributed by atoms with Crippen LogP contribution in [-0.4, -0.2) is 21.0 Å². The third-order valence-corrected chi connectivity index (χ3v) is 5.97. The highest BCUT2D eigenvalue weighted by Crippen LogP contribution is 2.26. The second-order valence-corrected chi connectivity index (χ2v) is 8.00. The van der Waals surface area contributed by atoms with Gasteiger partial charge in [0.1, 0.15) is 9.84 Å². The average Bonchev–Trinajstić information content (AvgIpc) is 2.54. The van der Waals surface area contributed by atoms with Gasteiger partial charge in [0.25, 0.3) is 0 Å². The zero-order valence-electron chi connectivity index (χ0n) is 13.3. The minimum absolute atomic E-state index is 0.316. The summed E-state index contributed by atoms with van der Waals surface area (Å²) < 4.78 is 24.5. The van der Waals surface area contributed by atoms with Crippen LogP contribution in [0.1, 0.15) is 39.0 Å². The third kappa shape index (κ3) is 4.89. The van der Waals surface area contributed by atoms with E-state index < -0.39 is 9.84 Å². The lowest BCUT2D eigenvalue weighted by atomic mass is 9.84. The van der Waals surface area contributed by atoms with Gasteiger partial charge in [0.2, 0.25) is 0 Å². The lowest BCUT2D eigenvalue weighted by Gasteiger charge is -2.29. The number of sulfone groups is 1. The Morgan fingerprint density at radius 3 is 2.55 bits per heavy atom. The first kappa shape index (κ1) is 17.1. The van der Waals surface area contributed by atoms with Crippen LogP contribution < -0.4 is 5.32 Å². The van der Waals surface area contributed by atoms with Crippen LogP contribution in [0.3, 0.4) is 0 Å². The second-order valence-electron chi connectivity index (χ2n) is 6.20. The maximum Gasteiger partial charge on any atom is 0.133 e. The maximum absolute atomic E-state index is 12.2. The van der Waals surface area contributed by atoms with E-state index in [0.717, 1.165) is 0 Å². The minimum atomic E-state index is -3.40. The van der Waals surface area contributed by atoms with Gasteiger partial charge in [-0.05, 0) is 44.4 Å². The van der Waals surface area contributed by atoms with Crippen LogP contribution in [0.4, 0.5) is 0 Å². The quantitative estimate of drug-likeness (QED) is 0.779. The normalized spacial score (nSPS) is 17.9. The van der Waals surface area contributed by atoms with E-state index in [1.54, 1.807) is 30.3 Å². The molecule has 0 amide bonds. The van der Waals surface area contributed by atoms with Crippen molar-refractivity contribution in [2.75, 3.05) is 6.54 Å². The molecule has 1 fully saturated rings. The third-order valence-electron chi connectivity index (χ3n) is 4.40. The molecule has 0 unspecified atom stereocenters. The van der Waals surface area contributed by atoms with E-state index in [-0.39, 0.29) is 0 Å². The summed E-state index contributed by atoms with van der Waals surface area (Å²) in [4.78, 5) is 0.316. The first-order valence-electron chi connectivity index (χ1n) is 8.05. The Hall–Kier alpha value is -1.26. The van der Waals surface area contributed by atoms with E-state index in [0.29, 0.717) is 29.0 Å². The van der Waals surface area contributed by atoms with Crippen LogP contribution in [0, 0.1) is 11.7 Å². The molecule has 122 valence electrons. The van der Waals surface area contributed by atoms with Gasteiger partial charge in [0.15, 0.2) is 0 Å². The Morgan fingerprint density at radius 2 is 1.91 bits per heavy atom. The summed E-state index contributed by atoms with van der Waals surface area (Å²) in [5.74, 6) is 1.98. The number of nitrogens with one attached hydrogen (secondary N) is 1. The number of hydrogen-bond donors (Lipinski definition) is 1. The molecule has 0 radical (unpaired) electrons. The number of rotatable bonds is 7. The molecule has 3 nitrogen and oxygen atoms in total. The van der Waals surface area contributed by atoms with E-state index in [2.05, 4.69) is 18.8 Å². The van der Waals surface area contributed by atoms with E-state index in [4.69, 9.17) is 0 Å². The molecule has 4 heteroatoms. The summed E-state index contributed by atoms with van der Waals surface area (Å²) in [6.45, 7) is 6.59. The molecular weight excluding hydrogens is 294 g/mol. The maximum atomic E-state index is 12.2. The summed E-state index contributed by atoms with van der Waals surface area (Å²) in [5, 5.41) is 3.43. The van der Waals surface area contributed by atoms with Crippen molar-refractivity contribution in [1.29, 1.82) is 0 Å². The molecule has 0 aliphatic heterocycles. The molecule has 0 bridgehead atoms. The molecule has 1 aliphatic rings. The molecule has 2 rings (SSSR count). The van der Waals surface area contributed by atoms with Crippen molar-refractivity contribution in [2.45, 2.75) is 50.0 Å². The SMILES string of the molecule is C=C([CH-]S(=O)(=O)c1ccccc1)CN[C@@H](C)C1CCCCC1. The monoisotopic (exact) mass is 320 g/mol. The average molecular weight is 320 g/mol. The first-order valence-corrected chi connectivity index (χ1v) is 9.60. The first-order chi connectivity index (χ1) is 10.5. The van der Waals surface area contributed by atoms with Crippen LogP contribution in [-0.2, 0) is 9.84 Å².